The smallest absolute Gasteiger partial charge is 0.368 e. The van der Waals surface area contributed by atoms with E-state index in [0.717, 1.165) is 33.7 Å². The van der Waals surface area contributed by atoms with Gasteiger partial charge in [0.15, 0.2) is 5.82 Å². The summed E-state index contributed by atoms with van der Waals surface area (Å²) in [5, 5.41) is 7.63. The Bertz CT molecular complexity index is 2970. The molecule has 3 aromatic heterocycles. The fourth-order valence-electron chi connectivity index (χ4n) is 8.39. The van der Waals surface area contributed by atoms with Gasteiger partial charge in [0.1, 0.15) is 34.9 Å². The molecule has 0 radical (unpaired) electrons. The first kappa shape index (κ1) is 42.1. The second-order valence-electron chi connectivity index (χ2n) is 15.1. The third-order valence-electron chi connectivity index (χ3n) is 10.9. The molecular formula is C38H30ClF9N8O4S. The first-order chi connectivity index (χ1) is 28.4. The summed E-state index contributed by atoms with van der Waals surface area (Å²) in [4.78, 5) is 33.5. The zero-order valence-electron chi connectivity index (χ0n) is 31.4. The van der Waals surface area contributed by atoms with Crippen LogP contribution in [0.4, 0.5) is 45.3 Å². The number of benzene rings is 3. The van der Waals surface area contributed by atoms with E-state index >= 15 is 8.78 Å². The summed E-state index contributed by atoms with van der Waals surface area (Å²) in [6.07, 6.45) is -9.96. The Morgan fingerprint density at radius 3 is 2.36 bits per heavy atom. The molecule has 1 unspecified atom stereocenters. The van der Waals surface area contributed by atoms with E-state index < -0.39 is 117 Å². The molecule has 0 spiro atoms. The number of alkyl halides is 7. The number of aromatic nitrogens is 6. The number of amides is 1. The monoisotopic (exact) mass is 900 g/mol. The maximum absolute atomic E-state index is 16.1. The Balaban J connectivity index is 1.48. The number of hydrogen-bond donors (Lipinski definition) is 2. The molecule has 0 aliphatic heterocycles. The second kappa shape index (κ2) is 14.5. The number of halogens is 10. The summed E-state index contributed by atoms with van der Waals surface area (Å²) in [6, 6.07) is 5.93. The van der Waals surface area contributed by atoms with Gasteiger partial charge in [-0.2, -0.15) is 32.1 Å². The van der Waals surface area contributed by atoms with Gasteiger partial charge in [0, 0.05) is 31.0 Å². The molecule has 3 heterocycles. The van der Waals surface area contributed by atoms with Crippen LogP contribution in [0.15, 0.2) is 53.3 Å². The van der Waals surface area contributed by atoms with Crippen molar-refractivity contribution in [2.75, 3.05) is 11.0 Å². The molecule has 3 aromatic carbocycles. The first-order valence-corrected chi connectivity index (χ1v) is 20.5. The van der Waals surface area contributed by atoms with Crippen molar-refractivity contribution in [3.8, 4) is 5.69 Å². The number of aryl methyl sites for hydroxylation is 2. The molecule has 322 valence electrons. The molecule has 3 N–H and O–H groups in total. The third-order valence-corrected chi connectivity index (χ3v) is 11.7. The standard InChI is InChI=1S/C38H30ClF9N8O4S/c1-54-30-25(6-5-23(39)27(30)34(52-54)53-61(2,59)60)55-35(50-24-12-15(7-8-37(44,45)46)3-4-19(24)36(55)58)21(11-16-9-17(40)13-18(41)10-16)29(33(49)57)56-31-26(28(51-56)32(42)43)20-14-22(20)38(31,47)48/h3-6,9-10,12-13,20-22,29,32H,7-8,11,14H2,1-2H3,(H2,49,57)(H,52,53)/t20-,21-,22+,29?/m0/s1. The molecule has 6 aromatic rings. The van der Waals surface area contributed by atoms with Gasteiger partial charge in [-0.15, -0.1) is 0 Å². The van der Waals surface area contributed by atoms with Crippen LogP contribution < -0.4 is 16.0 Å². The van der Waals surface area contributed by atoms with E-state index in [4.69, 9.17) is 17.3 Å². The summed E-state index contributed by atoms with van der Waals surface area (Å²) in [6.45, 7) is 0. The summed E-state index contributed by atoms with van der Waals surface area (Å²) in [5.41, 5.74) is 1.60. The van der Waals surface area contributed by atoms with Crippen LogP contribution in [0.3, 0.4) is 0 Å². The van der Waals surface area contributed by atoms with Crippen molar-refractivity contribution < 1.29 is 52.7 Å². The highest BCUT2D eigenvalue weighted by Gasteiger charge is 2.67. The Labute approximate surface area is 343 Å². The molecule has 1 saturated carbocycles. The molecule has 23 heteroatoms. The van der Waals surface area contributed by atoms with E-state index in [9.17, 15) is 48.7 Å². The summed E-state index contributed by atoms with van der Waals surface area (Å²) < 4.78 is 160. The molecule has 0 bridgehead atoms. The normalized spacial score (nSPS) is 18.1. The quantitative estimate of drug-likeness (QED) is 0.121. The van der Waals surface area contributed by atoms with Crippen LogP contribution in [0.2, 0.25) is 5.02 Å². The van der Waals surface area contributed by atoms with E-state index in [1.807, 2.05) is 0 Å². The molecule has 1 fully saturated rings. The minimum Gasteiger partial charge on any atom is -0.368 e. The molecule has 2 aliphatic rings. The zero-order chi connectivity index (χ0) is 44.2. The lowest BCUT2D eigenvalue weighted by atomic mass is 9.89. The van der Waals surface area contributed by atoms with Crippen molar-refractivity contribution in [3.63, 3.8) is 0 Å². The van der Waals surface area contributed by atoms with Crippen LogP contribution in [0.1, 0.15) is 71.0 Å². The second-order valence-corrected chi connectivity index (χ2v) is 17.3. The molecule has 0 saturated heterocycles. The number of hydrogen-bond acceptors (Lipinski definition) is 7. The lowest BCUT2D eigenvalue weighted by molar-refractivity contribution is -0.134. The number of primary amides is 1. The number of fused-ring (bicyclic) bond motifs is 5. The largest absolute Gasteiger partial charge is 0.389 e. The number of nitrogens with one attached hydrogen (secondary N) is 1. The SMILES string of the molecule is Cn1nc(NS(C)(=O)=O)c2c(Cl)ccc(-n3c([C@@H](Cc4cc(F)cc(F)c4)C(C(N)=O)n4nc(C(F)F)c5c4C(F)(F)[C@@H]4C[C@H]54)nc4cc(CCC(F)(F)F)ccc4c3=O)c21. The Hall–Kier alpha value is -5.64. The molecule has 1 amide bonds. The van der Waals surface area contributed by atoms with Gasteiger partial charge >= 0.3 is 6.18 Å². The van der Waals surface area contributed by atoms with Gasteiger partial charge in [-0.1, -0.05) is 17.7 Å². The fourth-order valence-corrected chi connectivity index (χ4v) is 9.13. The van der Waals surface area contributed by atoms with Gasteiger partial charge < -0.3 is 5.73 Å². The number of sulfonamides is 1. The van der Waals surface area contributed by atoms with Crippen LogP contribution in [-0.2, 0) is 40.6 Å². The van der Waals surface area contributed by atoms with Crippen molar-refractivity contribution in [2.45, 2.75) is 62.1 Å². The van der Waals surface area contributed by atoms with Crippen LogP contribution >= 0.6 is 11.6 Å². The van der Waals surface area contributed by atoms with Gasteiger partial charge in [-0.3, -0.25) is 23.6 Å². The van der Waals surface area contributed by atoms with E-state index in [-0.39, 0.29) is 55.9 Å². The van der Waals surface area contributed by atoms with Gasteiger partial charge in [0.05, 0.1) is 44.7 Å². The molecular weight excluding hydrogens is 871 g/mol. The minimum atomic E-state index is -4.59. The van der Waals surface area contributed by atoms with Crippen LogP contribution in [-0.4, -0.2) is 55.9 Å². The Morgan fingerprint density at radius 2 is 1.74 bits per heavy atom. The number of rotatable bonds is 12. The van der Waals surface area contributed by atoms with Crippen molar-refractivity contribution in [3.05, 3.63) is 109 Å². The van der Waals surface area contributed by atoms with Crippen molar-refractivity contribution in [2.24, 2.45) is 18.7 Å². The van der Waals surface area contributed by atoms with Crippen LogP contribution in [0.5, 0.6) is 0 Å². The van der Waals surface area contributed by atoms with Crippen molar-refractivity contribution in [1.29, 1.82) is 0 Å². The average Bonchev–Trinajstić information content (AvgIpc) is 3.67. The van der Waals surface area contributed by atoms with E-state index in [2.05, 4.69) is 19.9 Å². The van der Waals surface area contributed by atoms with Gasteiger partial charge in [0.25, 0.3) is 17.9 Å². The number of carbonyl (C=O) groups excluding carboxylic acids is 1. The highest BCUT2D eigenvalue weighted by Crippen LogP contribution is 2.68. The maximum Gasteiger partial charge on any atom is 0.389 e. The third kappa shape index (κ3) is 7.46. The van der Waals surface area contributed by atoms with Gasteiger partial charge in [0.2, 0.25) is 15.9 Å². The number of carbonyl (C=O) groups is 1. The molecule has 2 aliphatic carbocycles. The number of nitrogens with zero attached hydrogens (tertiary/aromatic N) is 6. The maximum atomic E-state index is 16.1. The predicted molar refractivity (Wildman–Crippen MR) is 202 cm³/mol. The van der Waals surface area contributed by atoms with E-state index in [1.165, 1.54) is 31.3 Å². The molecule has 12 nitrogen and oxygen atoms in total. The number of nitrogens with two attached hydrogens (primary N) is 1. The van der Waals surface area contributed by atoms with Gasteiger partial charge in [-0.05, 0) is 72.7 Å². The minimum absolute atomic E-state index is 0.0398. The lowest BCUT2D eigenvalue weighted by Gasteiger charge is -2.30. The lowest BCUT2D eigenvalue weighted by Crippen LogP contribution is -2.39. The molecule has 4 atom stereocenters. The van der Waals surface area contributed by atoms with Crippen LogP contribution in [0.25, 0.3) is 27.5 Å². The molecule has 8 rings (SSSR count). The topological polar surface area (TPSA) is 160 Å². The highest BCUT2D eigenvalue weighted by atomic mass is 35.5. The zero-order valence-corrected chi connectivity index (χ0v) is 33.0. The predicted octanol–water partition coefficient (Wildman–Crippen LogP) is 7.47. The van der Waals surface area contributed by atoms with Gasteiger partial charge in [-0.25, -0.2) is 35.6 Å². The van der Waals surface area contributed by atoms with E-state index in [1.54, 1.807) is 0 Å². The summed E-state index contributed by atoms with van der Waals surface area (Å²) in [7, 11) is -2.67. The van der Waals surface area contributed by atoms with E-state index in [0.29, 0.717) is 10.7 Å². The average molecular weight is 901 g/mol. The fraction of sp³-hybridized carbons (Fsp3) is 0.342. The summed E-state index contributed by atoms with van der Waals surface area (Å²) in [5.74, 6) is -12.8. The van der Waals surface area contributed by atoms with Crippen molar-refractivity contribution >= 4 is 55.2 Å². The highest BCUT2D eigenvalue weighted by molar-refractivity contribution is 7.92. The van der Waals surface area contributed by atoms with Crippen molar-refractivity contribution in [1.82, 2.24) is 29.1 Å². The molecule has 61 heavy (non-hydrogen) atoms. The Kier molecular flexibility index (Phi) is 9.99. The first-order valence-electron chi connectivity index (χ1n) is 18.2. The number of anilines is 1. The summed E-state index contributed by atoms with van der Waals surface area (Å²) >= 11 is 6.57. The Morgan fingerprint density at radius 1 is 1.05 bits per heavy atom. The van der Waals surface area contributed by atoms with Crippen LogP contribution in [0, 0.1) is 17.6 Å².